The summed E-state index contributed by atoms with van der Waals surface area (Å²) in [6, 6.07) is 0. The van der Waals surface area contributed by atoms with Gasteiger partial charge in [-0.15, -0.1) is 0 Å². The number of Topliss-reactive ketones (excluding diaryl/α,β-unsaturated/α-hetero) is 4. The molecular formula is C55H86O13. The normalized spacial score (nSPS) is 40.2. The van der Waals surface area contributed by atoms with E-state index < -0.39 is 71.4 Å². The van der Waals surface area contributed by atoms with Crippen molar-refractivity contribution in [2.75, 3.05) is 34.5 Å². The van der Waals surface area contributed by atoms with E-state index in [4.69, 9.17) is 28.4 Å². The van der Waals surface area contributed by atoms with Crippen LogP contribution in [-0.4, -0.2) is 116 Å². The molecule has 3 fully saturated rings. The molecular weight excluding hydrogens is 869 g/mol. The Morgan fingerprint density at radius 1 is 0.794 bits per heavy atom. The summed E-state index contributed by atoms with van der Waals surface area (Å²) in [4.78, 5) is 71.4. The van der Waals surface area contributed by atoms with Crippen LogP contribution in [0.3, 0.4) is 0 Å². The Morgan fingerprint density at radius 2 is 1.50 bits per heavy atom. The van der Waals surface area contributed by atoms with Gasteiger partial charge in [0.05, 0.1) is 43.5 Å². The lowest BCUT2D eigenvalue weighted by molar-refractivity contribution is -0.265. The maximum Gasteiger partial charge on any atom is 0.309 e. The molecule has 0 aromatic carbocycles. The first-order chi connectivity index (χ1) is 32.3. The second-order valence-corrected chi connectivity index (χ2v) is 20.9. The van der Waals surface area contributed by atoms with Gasteiger partial charge in [0.2, 0.25) is 11.6 Å². The van der Waals surface area contributed by atoms with E-state index in [2.05, 4.69) is 13.0 Å². The first-order valence-corrected chi connectivity index (χ1v) is 25.6. The summed E-state index contributed by atoms with van der Waals surface area (Å²) in [5.74, 6) is -8.83. The molecule has 2 N–H and O–H groups in total. The number of cyclic esters (lactones) is 1. The van der Waals surface area contributed by atoms with Crippen LogP contribution < -0.4 is 0 Å². The number of ketones is 4. The van der Waals surface area contributed by atoms with E-state index in [1.54, 1.807) is 28.3 Å². The number of rotatable bonds is 9. The molecule has 1 saturated heterocycles. The van der Waals surface area contributed by atoms with Crippen LogP contribution in [0, 0.1) is 53.3 Å². The summed E-state index contributed by atoms with van der Waals surface area (Å²) in [6.07, 6.45) is 15.5. The number of methoxy groups -OCH3 is 3. The Labute approximate surface area is 407 Å². The Bertz CT molecular complexity index is 1800. The maximum atomic E-state index is 14.5. The maximum absolute atomic E-state index is 14.5. The topological polar surface area (TPSA) is 181 Å². The fraction of sp³-hybridized carbons (Fsp3) is 0.764. The number of hydrogen-bond donors (Lipinski definition) is 2. The van der Waals surface area contributed by atoms with Crippen LogP contribution in [0.1, 0.15) is 139 Å². The molecule has 2 saturated carbocycles. The number of esters is 1. The van der Waals surface area contributed by atoms with Crippen LogP contribution in [0.25, 0.3) is 0 Å². The van der Waals surface area contributed by atoms with Gasteiger partial charge in [-0.3, -0.25) is 24.0 Å². The minimum absolute atomic E-state index is 0.00260. The highest BCUT2D eigenvalue weighted by Crippen LogP contribution is 2.40. The molecule has 2 bridgehead atoms. The zero-order chi connectivity index (χ0) is 50.3. The predicted molar refractivity (Wildman–Crippen MR) is 260 cm³/mol. The smallest absolute Gasteiger partial charge is 0.309 e. The van der Waals surface area contributed by atoms with Gasteiger partial charge >= 0.3 is 5.97 Å². The van der Waals surface area contributed by atoms with Gasteiger partial charge in [0.1, 0.15) is 18.0 Å². The molecule has 0 spiro atoms. The molecule has 68 heavy (non-hydrogen) atoms. The van der Waals surface area contributed by atoms with Crippen molar-refractivity contribution < 1.29 is 62.6 Å². The summed E-state index contributed by atoms with van der Waals surface area (Å²) in [6.45, 7) is 15.4. The molecule has 2 unspecified atom stereocenters. The number of allylic oxidation sites excluding steroid dienone is 6. The van der Waals surface area contributed by atoms with Crippen LogP contribution in [0.2, 0.25) is 0 Å². The Kier molecular flexibility index (Phi) is 23.2. The van der Waals surface area contributed by atoms with Crippen molar-refractivity contribution >= 4 is 29.1 Å². The number of ether oxygens (including phenoxy) is 6. The third kappa shape index (κ3) is 15.4. The first kappa shape index (κ1) is 57.4. The highest BCUT2D eigenvalue weighted by molar-refractivity contribution is 6.41. The van der Waals surface area contributed by atoms with E-state index in [9.17, 15) is 34.2 Å². The van der Waals surface area contributed by atoms with E-state index in [0.29, 0.717) is 57.8 Å². The molecule has 13 nitrogen and oxygen atoms in total. The van der Waals surface area contributed by atoms with Crippen molar-refractivity contribution in [1.29, 1.82) is 0 Å². The Balaban J connectivity index is 1.70. The average Bonchev–Trinajstić information content (AvgIpc) is 3.32. The summed E-state index contributed by atoms with van der Waals surface area (Å²) in [5.41, 5.74) is 1.75. The molecule has 0 amide bonds. The van der Waals surface area contributed by atoms with Crippen molar-refractivity contribution in [2.45, 2.75) is 181 Å². The predicted octanol–water partition coefficient (Wildman–Crippen LogP) is 8.47. The molecule has 2 aliphatic carbocycles. The zero-order valence-electron chi connectivity index (χ0n) is 43.1. The molecule has 0 radical (unpaired) electrons. The van der Waals surface area contributed by atoms with Gasteiger partial charge in [-0.05, 0) is 95.0 Å². The van der Waals surface area contributed by atoms with E-state index in [1.807, 2.05) is 71.9 Å². The Morgan fingerprint density at radius 3 is 2.16 bits per heavy atom. The molecule has 4 rings (SSSR count). The third-order valence-corrected chi connectivity index (χ3v) is 15.7. The van der Waals surface area contributed by atoms with Crippen LogP contribution in [0.5, 0.6) is 0 Å². The van der Waals surface area contributed by atoms with Gasteiger partial charge in [0, 0.05) is 63.8 Å². The minimum atomic E-state index is -2.37. The fourth-order valence-electron chi connectivity index (χ4n) is 11.1. The Hall–Kier alpha value is -3.17. The van der Waals surface area contributed by atoms with E-state index >= 15 is 0 Å². The molecule has 13 heteroatoms. The van der Waals surface area contributed by atoms with Crippen molar-refractivity contribution in [2.24, 2.45) is 53.3 Å². The van der Waals surface area contributed by atoms with Gasteiger partial charge in [-0.25, -0.2) is 0 Å². The van der Waals surface area contributed by atoms with Crippen LogP contribution >= 0.6 is 0 Å². The number of hydrogen-bond acceptors (Lipinski definition) is 13. The molecule has 16 atom stereocenters. The second-order valence-electron chi connectivity index (χ2n) is 20.9. The summed E-state index contributed by atoms with van der Waals surface area (Å²) in [7, 11) is 4.79. The van der Waals surface area contributed by atoms with Gasteiger partial charge in [-0.2, -0.15) is 0 Å². The minimum Gasteiger partial charge on any atom is -0.461 e. The van der Waals surface area contributed by atoms with Crippen molar-refractivity contribution in [1.82, 2.24) is 0 Å². The standard InChI is InChI=1S/C55H86O13/c1-33-17-13-12-14-18-34(2)47(63-9)31-42-23-21-39(7)55(62,68-42)53(60)51(59)43-19-15-16-20-44(43)54(61)67-48(37(5)29-41-22-24-46(66-26-25-56)49(30-41)64-10)32-45(57)36(4)28-35(3)40(8)52(65-11)50(58)38(6)27-33/h12-14,17-18,28,33,36-44,46-49,52,56,62H,15-16,19-27,29-32H2,1-11H3/b14-12+,17-13+,34-18+,35-28+/t33-,36-,37-,38-,39-,40-,41+,42+,43?,44-,46-,47+,48?,49-,52-,55-/m1/s1. The van der Waals surface area contributed by atoms with Crippen molar-refractivity contribution in [3.8, 4) is 0 Å². The largest absolute Gasteiger partial charge is 0.461 e. The molecule has 0 aromatic heterocycles. The van der Waals surface area contributed by atoms with Crippen LogP contribution in [0.4, 0.5) is 0 Å². The van der Waals surface area contributed by atoms with E-state index in [-0.39, 0.29) is 79.4 Å². The van der Waals surface area contributed by atoms with Gasteiger partial charge in [0.15, 0.2) is 5.78 Å². The van der Waals surface area contributed by atoms with E-state index in [0.717, 1.165) is 24.0 Å². The molecule has 2 aliphatic heterocycles. The van der Waals surface area contributed by atoms with Crippen molar-refractivity contribution in [3.05, 3.63) is 47.6 Å². The second kappa shape index (κ2) is 27.4. The highest BCUT2D eigenvalue weighted by Gasteiger charge is 2.53. The summed E-state index contributed by atoms with van der Waals surface area (Å²) < 4.78 is 36.0. The average molecular weight is 955 g/mol. The lowest BCUT2D eigenvalue weighted by atomic mass is 9.73. The van der Waals surface area contributed by atoms with Gasteiger partial charge in [0.25, 0.3) is 5.78 Å². The van der Waals surface area contributed by atoms with Gasteiger partial charge < -0.3 is 38.6 Å². The van der Waals surface area contributed by atoms with Gasteiger partial charge in [-0.1, -0.05) is 96.4 Å². The van der Waals surface area contributed by atoms with Crippen LogP contribution in [0.15, 0.2) is 47.6 Å². The van der Waals surface area contributed by atoms with Crippen LogP contribution in [-0.2, 0) is 52.4 Å². The SMILES string of the molecule is CO[C@H]1C[C@@H]2CC[C@@H](C)[C@@](O)(O2)C(=O)C(=O)C2CCCC[C@H]2C(=O)OC([C@H](C)C[C@@H]2CC[C@@H](OCCO)[C@H](OC)C2)CC(=O)[C@H](C)/C=C(\C)[C@@H](C)[C@@H](OC)C(=O)[C@H](C)C[C@H](C)/C=C/C=C/C=C/1C. The lowest BCUT2D eigenvalue weighted by Gasteiger charge is -2.42. The van der Waals surface area contributed by atoms with Crippen molar-refractivity contribution in [3.63, 3.8) is 0 Å². The number of carbonyl (C=O) groups is 5. The fourth-order valence-corrected chi connectivity index (χ4v) is 11.1. The number of fused-ring (bicyclic) bond motifs is 3. The molecule has 384 valence electrons. The molecule has 0 aromatic rings. The first-order valence-electron chi connectivity index (χ1n) is 25.6. The highest BCUT2D eigenvalue weighted by atomic mass is 16.6. The zero-order valence-corrected chi connectivity index (χ0v) is 43.1. The summed E-state index contributed by atoms with van der Waals surface area (Å²) >= 11 is 0. The number of aliphatic hydroxyl groups is 2. The lowest BCUT2D eigenvalue weighted by Crippen LogP contribution is -2.57. The van der Waals surface area contributed by atoms with E-state index in [1.165, 1.54) is 0 Å². The number of aliphatic hydroxyl groups excluding tert-OH is 1. The molecule has 2 heterocycles. The quantitative estimate of drug-likeness (QED) is 0.128. The third-order valence-electron chi connectivity index (χ3n) is 15.7. The molecule has 4 aliphatic rings. The summed E-state index contributed by atoms with van der Waals surface area (Å²) in [5, 5.41) is 21.4. The number of carbonyl (C=O) groups excluding carboxylic acids is 5. The monoisotopic (exact) mass is 955 g/mol.